The summed E-state index contributed by atoms with van der Waals surface area (Å²) in [6.45, 7) is 1.65. The Balaban J connectivity index is 1.71. The van der Waals surface area contributed by atoms with Crippen LogP contribution in [-0.4, -0.2) is 31.4 Å². The van der Waals surface area contributed by atoms with Crippen LogP contribution < -0.4 is 4.90 Å². The van der Waals surface area contributed by atoms with E-state index >= 15 is 0 Å². The van der Waals surface area contributed by atoms with Crippen molar-refractivity contribution in [3.63, 3.8) is 0 Å². The predicted molar refractivity (Wildman–Crippen MR) is 80.0 cm³/mol. The van der Waals surface area contributed by atoms with E-state index in [-0.39, 0.29) is 6.61 Å². The molecule has 108 valence electrons. The molecule has 0 amide bonds. The molecule has 1 aliphatic rings. The van der Waals surface area contributed by atoms with E-state index in [0.717, 1.165) is 47.6 Å². The molecule has 1 aliphatic heterocycles. The van der Waals surface area contributed by atoms with Gasteiger partial charge in [0.15, 0.2) is 0 Å². The number of aliphatic hydroxyl groups is 1. The number of aliphatic hydroxyl groups excluding tert-OH is 1. The summed E-state index contributed by atoms with van der Waals surface area (Å²) >= 11 is 0. The van der Waals surface area contributed by atoms with Crippen molar-refractivity contribution in [2.24, 2.45) is 7.05 Å². The number of aryl methyl sites for hydroxylation is 1. The molecular formula is C15H17N5O. The normalized spacial score (nSPS) is 14.7. The summed E-state index contributed by atoms with van der Waals surface area (Å²) in [5, 5.41) is 15.0. The monoisotopic (exact) mass is 283 g/mol. The molecule has 21 heavy (non-hydrogen) atoms. The Morgan fingerprint density at radius 3 is 3.10 bits per heavy atom. The average molecular weight is 283 g/mol. The molecule has 4 heterocycles. The second-order valence-corrected chi connectivity index (χ2v) is 5.41. The van der Waals surface area contributed by atoms with Gasteiger partial charge in [-0.1, -0.05) is 0 Å². The number of nitrogens with one attached hydrogen (secondary N) is 1. The zero-order valence-corrected chi connectivity index (χ0v) is 11.9. The van der Waals surface area contributed by atoms with Crippen LogP contribution in [0, 0.1) is 0 Å². The Bertz CT molecular complexity index is 804. The van der Waals surface area contributed by atoms with Crippen molar-refractivity contribution in [2.75, 3.05) is 11.4 Å². The minimum absolute atomic E-state index is 0.0138. The Hall–Kier alpha value is -2.34. The number of aromatic nitrogens is 4. The van der Waals surface area contributed by atoms with Gasteiger partial charge in [0.2, 0.25) is 0 Å². The van der Waals surface area contributed by atoms with Crippen LogP contribution in [0.4, 0.5) is 5.82 Å². The number of anilines is 1. The second kappa shape index (κ2) is 4.60. The summed E-state index contributed by atoms with van der Waals surface area (Å²) in [5.74, 6) is 0.961. The van der Waals surface area contributed by atoms with Crippen LogP contribution in [0.5, 0.6) is 0 Å². The summed E-state index contributed by atoms with van der Waals surface area (Å²) in [6, 6.07) is 6.15. The molecule has 0 spiro atoms. The van der Waals surface area contributed by atoms with Gasteiger partial charge < -0.3 is 15.0 Å². The summed E-state index contributed by atoms with van der Waals surface area (Å²) in [5.41, 5.74) is 4.04. The van der Waals surface area contributed by atoms with E-state index in [4.69, 9.17) is 0 Å². The maximum Gasteiger partial charge on any atom is 0.139 e. The van der Waals surface area contributed by atoms with Gasteiger partial charge in [0, 0.05) is 49.4 Å². The van der Waals surface area contributed by atoms with E-state index < -0.39 is 0 Å². The Labute approximate surface area is 122 Å². The molecule has 0 fully saturated rings. The van der Waals surface area contributed by atoms with Crippen molar-refractivity contribution in [1.29, 1.82) is 0 Å². The molecule has 0 aromatic carbocycles. The molecule has 6 nitrogen and oxygen atoms in total. The fourth-order valence-corrected chi connectivity index (χ4v) is 3.09. The van der Waals surface area contributed by atoms with E-state index in [1.807, 2.05) is 24.0 Å². The number of pyridine rings is 1. The van der Waals surface area contributed by atoms with Gasteiger partial charge in [0.1, 0.15) is 11.5 Å². The summed E-state index contributed by atoms with van der Waals surface area (Å²) in [6.07, 6.45) is 2.82. The van der Waals surface area contributed by atoms with Crippen molar-refractivity contribution in [2.45, 2.75) is 19.6 Å². The number of hydrogen-bond acceptors (Lipinski definition) is 4. The average Bonchev–Trinajstić information content (AvgIpc) is 3.10. The molecule has 0 aliphatic carbocycles. The van der Waals surface area contributed by atoms with Gasteiger partial charge in [-0.25, -0.2) is 4.98 Å². The number of aromatic amines is 1. The summed E-state index contributed by atoms with van der Waals surface area (Å²) < 4.78 is 1.89. The lowest BCUT2D eigenvalue weighted by molar-refractivity contribution is 0.274. The first-order valence-electron chi connectivity index (χ1n) is 7.10. The van der Waals surface area contributed by atoms with Crippen LogP contribution in [0.15, 0.2) is 24.4 Å². The molecule has 0 atom stereocenters. The lowest BCUT2D eigenvalue weighted by Gasteiger charge is -2.28. The van der Waals surface area contributed by atoms with Gasteiger partial charge >= 0.3 is 0 Å². The number of fused-ring (bicyclic) bond motifs is 2. The molecule has 4 rings (SSSR count). The summed E-state index contributed by atoms with van der Waals surface area (Å²) in [4.78, 5) is 10.1. The van der Waals surface area contributed by atoms with Crippen molar-refractivity contribution < 1.29 is 5.11 Å². The highest BCUT2D eigenvalue weighted by Gasteiger charge is 2.24. The fraction of sp³-hybridized carbons (Fsp3) is 0.333. The van der Waals surface area contributed by atoms with Crippen molar-refractivity contribution >= 4 is 16.9 Å². The molecule has 0 saturated heterocycles. The topological polar surface area (TPSA) is 70.0 Å². The summed E-state index contributed by atoms with van der Waals surface area (Å²) in [7, 11) is 1.94. The molecule has 3 aromatic heterocycles. The van der Waals surface area contributed by atoms with Crippen LogP contribution in [0.2, 0.25) is 0 Å². The number of nitrogens with zero attached hydrogens (tertiary/aromatic N) is 4. The van der Waals surface area contributed by atoms with Gasteiger partial charge in [0.05, 0.1) is 12.3 Å². The number of hydrogen-bond donors (Lipinski definition) is 2. The van der Waals surface area contributed by atoms with Crippen LogP contribution in [0.25, 0.3) is 11.0 Å². The maximum atomic E-state index is 9.46. The highest BCUT2D eigenvalue weighted by atomic mass is 16.3. The molecule has 6 heteroatoms. The van der Waals surface area contributed by atoms with Crippen LogP contribution in [0.1, 0.15) is 17.0 Å². The van der Waals surface area contributed by atoms with Gasteiger partial charge in [0.25, 0.3) is 0 Å². The SMILES string of the molecule is Cn1nc(CO)c2c1CCN(c1ccc3cc[nH]c3n1)C2. The Kier molecular flexibility index (Phi) is 2.71. The molecular weight excluding hydrogens is 266 g/mol. The van der Waals surface area contributed by atoms with E-state index in [1.165, 1.54) is 5.69 Å². The van der Waals surface area contributed by atoms with Crippen LogP contribution in [0.3, 0.4) is 0 Å². The minimum atomic E-state index is -0.0138. The molecule has 0 radical (unpaired) electrons. The van der Waals surface area contributed by atoms with Crippen molar-refractivity contribution in [3.8, 4) is 0 Å². The smallest absolute Gasteiger partial charge is 0.139 e. The van der Waals surface area contributed by atoms with Crippen molar-refractivity contribution in [3.05, 3.63) is 41.3 Å². The third-order valence-corrected chi connectivity index (χ3v) is 4.19. The zero-order valence-electron chi connectivity index (χ0n) is 11.9. The second-order valence-electron chi connectivity index (χ2n) is 5.41. The first kappa shape index (κ1) is 12.4. The van der Waals surface area contributed by atoms with Crippen LogP contribution >= 0.6 is 0 Å². The lowest BCUT2D eigenvalue weighted by Crippen LogP contribution is -2.31. The highest BCUT2D eigenvalue weighted by molar-refractivity contribution is 5.77. The molecule has 0 bridgehead atoms. The fourth-order valence-electron chi connectivity index (χ4n) is 3.09. The molecule has 0 saturated carbocycles. The minimum Gasteiger partial charge on any atom is -0.390 e. The molecule has 0 unspecified atom stereocenters. The van der Waals surface area contributed by atoms with Gasteiger partial charge in [-0.05, 0) is 18.2 Å². The largest absolute Gasteiger partial charge is 0.390 e. The zero-order chi connectivity index (χ0) is 14.4. The Morgan fingerprint density at radius 2 is 2.24 bits per heavy atom. The third-order valence-electron chi connectivity index (χ3n) is 4.19. The standard InChI is InChI=1S/C15H17N5O/c1-19-13-5-7-20(8-11(13)12(9-21)18-19)14-3-2-10-4-6-16-15(10)17-14/h2-4,6,21H,5,7-9H2,1H3,(H,16,17). The first-order valence-corrected chi connectivity index (χ1v) is 7.10. The first-order chi connectivity index (χ1) is 10.3. The van der Waals surface area contributed by atoms with Gasteiger partial charge in [-0.3, -0.25) is 4.68 Å². The van der Waals surface area contributed by atoms with Gasteiger partial charge in [-0.15, -0.1) is 0 Å². The highest BCUT2D eigenvalue weighted by Crippen LogP contribution is 2.26. The maximum absolute atomic E-state index is 9.46. The predicted octanol–water partition coefficient (Wildman–Crippen LogP) is 1.35. The van der Waals surface area contributed by atoms with E-state index in [1.54, 1.807) is 0 Å². The van der Waals surface area contributed by atoms with Crippen molar-refractivity contribution in [1.82, 2.24) is 19.7 Å². The van der Waals surface area contributed by atoms with E-state index in [0.29, 0.717) is 0 Å². The van der Waals surface area contributed by atoms with E-state index in [9.17, 15) is 5.11 Å². The third kappa shape index (κ3) is 1.91. The lowest BCUT2D eigenvalue weighted by atomic mass is 10.1. The quantitative estimate of drug-likeness (QED) is 0.745. The van der Waals surface area contributed by atoms with E-state index in [2.05, 4.69) is 32.1 Å². The van der Waals surface area contributed by atoms with Crippen LogP contribution in [-0.2, 0) is 26.6 Å². The molecule has 3 aromatic rings. The van der Waals surface area contributed by atoms with Gasteiger partial charge in [-0.2, -0.15) is 5.10 Å². The number of rotatable bonds is 2. The molecule has 2 N–H and O–H groups in total. The number of H-pyrrole nitrogens is 1. The Morgan fingerprint density at radius 1 is 1.33 bits per heavy atom.